The number of carbonyl (C=O) groups excluding carboxylic acids is 1. The quantitative estimate of drug-likeness (QED) is 0.370. The number of fused-ring (bicyclic) bond motifs is 1. The summed E-state index contributed by atoms with van der Waals surface area (Å²) in [6.07, 6.45) is 3.30. The Morgan fingerprint density at radius 3 is 2.81 bits per heavy atom. The van der Waals surface area contributed by atoms with Crippen molar-refractivity contribution in [3.05, 3.63) is 75.8 Å². The van der Waals surface area contributed by atoms with Gasteiger partial charge in [0, 0.05) is 40.5 Å². The number of nitrogens with zero attached hydrogens (tertiary/aromatic N) is 3. The van der Waals surface area contributed by atoms with E-state index in [1.54, 1.807) is 16.0 Å². The van der Waals surface area contributed by atoms with E-state index < -0.39 is 5.41 Å². The summed E-state index contributed by atoms with van der Waals surface area (Å²) in [5.74, 6) is -0.0676. The predicted molar refractivity (Wildman–Crippen MR) is 128 cm³/mol. The minimum absolute atomic E-state index is 0.00185. The van der Waals surface area contributed by atoms with Gasteiger partial charge in [0.2, 0.25) is 5.91 Å². The Bertz CT molecular complexity index is 1140. The number of hydrogen-bond acceptors (Lipinski definition) is 3. The lowest BCUT2D eigenvalue weighted by molar-refractivity contribution is -0.127. The summed E-state index contributed by atoms with van der Waals surface area (Å²) < 4.78 is 16.8. The van der Waals surface area contributed by atoms with Gasteiger partial charge < -0.3 is 4.90 Å². The third kappa shape index (κ3) is 4.11. The molecule has 1 aliphatic rings. The summed E-state index contributed by atoms with van der Waals surface area (Å²) in [6.45, 7) is 11.1. The monoisotopic (exact) mass is 455 g/mol. The van der Waals surface area contributed by atoms with Gasteiger partial charge in [-0.25, -0.2) is 4.39 Å². The van der Waals surface area contributed by atoms with Crippen molar-refractivity contribution in [1.29, 1.82) is 0 Å². The third-order valence-corrected chi connectivity index (χ3v) is 7.06. The first kappa shape index (κ1) is 21.9. The molecule has 3 aromatic rings. The van der Waals surface area contributed by atoms with E-state index in [2.05, 4.69) is 40.0 Å². The van der Waals surface area contributed by atoms with E-state index in [-0.39, 0.29) is 11.8 Å². The van der Waals surface area contributed by atoms with Crippen LogP contribution in [0.25, 0.3) is 11.1 Å². The second-order valence-corrected chi connectivity index (χ2v) is 10.5. The molecule has 7 heteroatoms. The van der Waals surface area contributed by atoms with E-state index in [0.717, 1.165) is 16.7 Å². The van der Waals surface area contributed by atoms with Gasteiger partial charge in [-0.1, -0.05) is 40.1 Å². The molecule has 0 N–H and O–H groups in total. The lowest BCUT2D eigenvalue weighted by Gasteiger charge is -2.33. The van der Waals surface area contributed by atoms with Gasteiger partial charge in [0.25, 0.3) is 0 Å². The Morgan fingerprint density at radius 2 is 2.13 bits per heavy atom. The van der Waals surface area contributed by atoms with Crippen LogP contribution in [0.5, 0.6) is 0 Å². The zero-order chi connectivity index (χ0) is 22.3. The first-order valence-corrected chi connectivity index (χ1v) is 11.8. The van der Waals surface area contributed by atoms with Crippen molar-refractivity contribution in [3.8, 4) is 11.1 Å². The zero-order valence-electron chi connectivity index (χ0n) is 18.1. The van der Waals surface area contributed by atoms with Crippen LogP contribution in [-0.4, -0.2) is 27.1 Å². The van der Waals surface area contributed by atoms with Gasteiger partial charge in [-0.3, -0.25) is 9.48 Å². The minimum Gasteiger partial charge on any atom is -0.333 e. The molecule has 1 amide bonds. The van der Waals surface area contributed by atoms with E-state index in [1.807, 2.05) is 36.2 Å². The Morgan fingerprint density at radius 1 is 1.39 bits per heavy atom. The van der Waals surface area contributed by atoms with Gasteiger partial charge >= 0.3 is 0 Å². The van der Waals surface area contributed by atoms with E-state index in [4.69, 9.17) is 0 Å². The summed E-state index contributed by atoms with van der Waals surface area (Å²) in [4.78, 5) is 16.8. The Labute approximate surface area is 189 Å². The highest BCUT2D eigenvalue weighted by atomic mass is 32.1. The normalized spacial score (nSPS) is 17.8. The SMILES string of the molecule is C=CC(=O)N1Cc2sc(C)cc2C(c2ccccc2-c2cn(CC)nc2C(C)(F)P)C1. The summed E-state index contributed by atoms with van der Waals surface area (Å²) >= 11 is 1.73. The molecule has 3 unspecified atom stereocenters. The molecule has 3 heterocycles. The van der Waals surface area contributed by atoms with Crippen molar-refractivity contribution in [2.75, 3.05) is 6.54 Å². The molecule has 0 spiro atoms. The summed E-state index contributed by atoms with van der Waals surface area (Å²) in [6, 6.07) is 10.3. The van der Waals surface area contributed by atoms with Crippen LogP contribution >= 0.6 is 20.6 Å². The molecule has 4 nitrogen and oxygen atoms in total. The molecule has 1 aliphatic heterocycles. The van der Waals surface area contributed by atoms with Crippen molar-refractivity contribution in [1.82, 2.24) is 14.7 Å². The molecular weight excluding hydrogens is 428 g/mol. The van der Waals surface area contributed by atoms with E-state index in [9.17, 15) is 4.79 Å². The highest BCUT2D eigenvalue weighted by molar-refractivity contribution is 7.18. The van der Waals surface area contributed by atoms with Gasteiger partial charge in [0.15, 0.2) is 5.41 Å². The number of rotatable bonds is 5. The molecule has 0 aliphatic carbocycles. The first-order chi connectivity index (χ1) is 14.7. The topological polar surface area (TPSA) is 38.1 Å². The average molecular weight is 456 g/mol. The molecule has 4 rings (SSSR count). The second kappa shape index (κ2) is 8.33. The molecule has 2 aromatic heterocycles. The lowest BCUT2D eigenvalue weighted by atomic mass is 9.83. The molecule has 0 saturated carbocycles. The van der Waals surface area contributed by atoms with Gasteiger partial charge in [0.05, 0.1) is 6.54 Å². The van der Waals surface area contributed by atoms with Crippen molar-refractivity contribution in [2.45, 2.75) is 45.2 Å². The van der Waals surface area contributed by atoms with Crippen LogP contribution in [0.4, 0.5) is 4.39 Å². The molecule has 0 saturated heterocycles. The number of hydrogen-bond donors (Lipinski definition) is 0. The number of amides is 1. The Balaban J connectivity index is 1.89. The first-order valence-electron chi connectivity index (χ1n) is 10.4. The zero-order valence-corrected chi connectivity index (χ0v) is 20.0. The molecule has 162 valence electrons. The maximum absolute atomic E-state index is 15.1. The second-order valence-electron chi connectivity index (χ2n) is 8.12. The van der Waals surface area contributed by atoms with E-state index in [1.165, 1.54) is 28.3 Å². The van der Waals surface area contributed by atoms with Crippen LogP contribution in [0.2, 0.25) is 0 Å². The van der Waals surface area contributed by atoms with Gasteiger partial charge in [-0.15, -0.1) is 11.3 Å². The summed E-state index contributed by atoms with van der Waals surface area (Å²) in [5, 5.41) is 2.86. The molecule has 0 radical (unpaired) electrons. The van der Waals surface area contributed by atoms with E-state index in [0.29, 0.717) is 25.3 Å². The minimum atomic E-state index is -1.65. The number of aryl methyl sites for hydroxylation is 2. The van der Waals surface area contributed by atoms with Crippen LogP contribution in [0.1, 0.15) is 46.3 Å². The van der Waals surface area contributed by atoms with Crippen LogP contribution in [-0.2, 0) is 23.3 Å². The lowest BCUT2D eigenvalue weighted by Crippen LogP contribution is -2.37. The number of thiophene rings is 1. The fourth-order valence-corrected chi connectivity index (χ4v) is 5.64. The van der Waals surface area contributed by atoms with Crippen molar-refractivity contribution in [3.63, 3.8) is 0 Å². The fourth-order valence-electron chi connectivity index (χ4n) is 4.31. The largest absolute Gasteiger partial charge is 0.333 e. The number of aromatic nitrogens is 2. The maximum atomic E-state index is 15.1. The Kier molecular flexibility index (Phi) is 5.89. The van der Waals surface area contributed by atoms with Crippen LogP contribution in [0, 0.1) is 6.92 Å². The number of carbonyl (C=O) groups is 1. The third-order valence-electron chi connectivity index (χ3n) is 5.74. The van der Waals surface area contributed by atoms with Gasteiger partial charge in [0.1, 0.15) is 5.69 Å². The molecule has 3 atom stereocenters. The molecule has 31 heavy (non-hydrogen) atoms. The maximum Gasteiger partial charge on any atom is 0.246 e. The molecule has 0 fully saturated rings. The van der Waals surface area contributed by atoms with Gasteiger partial charge in [-0.2, -0.15) is 5.10 Å². The Hall–Kier alpha value is -2.30. The van der Waals surface area contributed by atoms with Crippen LogP contribution in [0.3, 0.4) is 0 Å². The highest BCUT2D eigenvalue weighted by Gasteiger charge is 2.33. The molecular formula is C24H27FN3OPS. The number of benzene rings is 1. The number of halogens is 1. The van der Waals surface area contributed by atoms with Gasteiger partial charge in [-0.05, 0) is 49.6 Å². The molecule has 1 aromatic carbocycles. The summed E-state index contributed by atoms with van der Waals surface area (Å²) in [5.41, 5.74) is 4.48. The highest BCUT2D eigenvalue weighted by Crippen LogP contribution is 2.44. The van der Waals surface area contributed by atoms with Crippen molar-refractivity contribution in [2.24, 2.45) is 0 Å². The fraction of sp³-hybridized carbons (Fsp3) is 0.333. The summed E-state index contributed by atoms with van der Waals surface area (Å²) in [7, 11) is 2.26. The predicted octanol–water partition coefficient (Wildman–Crippen LogP) is 5.62. The van der Waals surface area contributed by atoms with Crippen LogP contribution in [0.15, 0.2) is 49.2 Å². The van der Waals surface area contributed by atoms with E-state index >= 15 is 4.39 Å². The smallest absolute Gasteiger partial charge is 0.246 e. The van der Waals surface area contributed by atoms with Crippen LogP contribution < -0.4 is 0 Å². The standard InChI is InChI=1S/C24H27FN3OPS/c1-5-22(29)27-12-19(18-11-15(3)31-21(18)14-27)16-9-7-8-10-17(16)20-13-28(6-2)26-23(20)24(4,25)30/h5,7-11,13,19H,1,6,12,14,30H2,2-4H3. The van der Waals surface area contributed by atoms with Crippen molar-refractivity contribution >= 4 is 26.5 Å². The van der Waals surface area contributed by atoms with Crippen molar-refractivity contribution < 1.29 is 9.18 Å². The molecule has 0 bridgehead atoms. The average Bonchev–Trinajstić information content (AvgIpc) is 3.35. The number of alkyl halides is 1.